The number of nitrogens with zero attached hydrogens (tertiary/aromatic N) is 1. The fourth-order valence-electron chi connectivity index (χ4n) is 5.25. The number of hydrogen-bond donors (Lipinski definition) is 3. The smallest absolute Gasteiger partial charge is 0.320 e. The molecule has 3 N–H and O–H groups in total. The van der Waals surface area contributed by atoms with Gasteiger partial charge in [0.25, 0.3) is 0 Å². The van der Waals surface area contributed by atoms with Crippen LogP contribution in [0.2, 0.25) is 0 Å². The maximum absolute atomic E-state index is 11.6. The minimum Gasteiger partial charge on any atom is -0.480 e. The Balaban J connectivity index is 1.85. The van der Waals surface area contributed by atoms with Gasteiger partial charge in [0.15, 0.2) is 0 Å². The minimum absolute atomic E-state index is 0.107. The first-order valence-corrected chi connectivity index (χ1v) is 10.0. The molecule has 0 spiro atoms. The molecule has 0 aliphatic carbocycles. The van der Waals surface area contributed by atoms with E-state index >= 15 is 0 Å². The molecule has 3 aliphatic heterocycles. The summed E-state index contributed by atoms with van der Waals surface area (Å²) >= 11 is 0. The van der Waals surface area contributed by atoms with E-state index in [2.05, 4.69) is 11.9 Å². The van der Waals surface area contributed by atoms with Crippen molar-refractivity contribution in [1.82, 2.24) is 10.2 Å². The van der Waals surface area contributed by atoms with Gasteiger partial charge in [-0.15, -0.1) is 6.58 Å². The van der Waals surface area contributed by atoms with Crippen molar-refractivity contribution in [2.24, 2.45) is 5.92 Å². The lowest BCUT2D eigenvalue weighted by Crippen LogP contribution is -2.53. The molecule has 0 aromatic heterocycles. The predicted octanol–water partition coefficient (Wildman–Crippen LogP) is 0.943. The molecule has 9 atom stereocenters. The number of carboxylic acid groups (broad SMARTS) is 1. The number of methoxy groups -OCH3 is 1. The maximum atomic E-state index is 11.6. The first-order valence-electron chi connectivity index (χ1n) is 10.0. The highest BCUT2D eigenvalue weighted by Gasteiger charge is 2.72. The molecule has 0 saturated carbocycles. The van der Waals surface area contributed by atoms with Crippen LogP contribution in [0.5, 0.6) is 0 Å². The van der Waals surface area contributed by atoms with Crippen LogP contribution in [0, 0.1) is 5.92 Å². The van der Waals surface area contributed by atoms with E-state index in [1.807, 2.05) is 25.7 Å². The van der Waals surface area contributed by atoms with E-state index in [0.29, 0.717) is 19.4 Å². The Hall–Kier alpha value is -1.03. The van der Waals surface area contributed by atoms with Gasteiger partial charge in [-0.05, 0) is 26.8 Å². The molecule has 0 radical (unpaired) electrons. The number of aliphatic hydroxyl groups excluding tert-OH is 1. The van der Waals surface area contributed by atoms with Crippen molar-refractivity contribution in [3.8, 4) is 0 Å². The van der Waals surface area contributed by atoms with Crippen molar-refractivity contribution < 1.29 is 29.2 Å². The van der Waals surface area contributed by atoms with E-state index in [9.17, 15) is 15.0 Å². The predicted molar refractivity (Wildman–Crippen MR) is 103 cm³/mol. The Bertz CT molecular complexity index is 632. The van der Waals surface area contributed by atoms with E-state index < -0.39 is 29.6 Å². The van der Waals surface area contributed by atoms with Crippen molar-refractivity contribution in [1.29, 1.82) is 0 Å². The van der Waals surface area contributed by atoms with Crippen LogP contribution in [0.25, 0.3) is 0 Å². The van der Waals surface area contributed by atoms with Gasteiger partial charge in [0.1, 0.15) is 11.6 Å². The van der Waals surface area contributed by atoms with Crippen molar-refractivity contribution in [2.45, 2.75) is 81.4 Å². The molecule has 3 rings (SSSR count). The number of carboxylic acids is 1. The van der Waals surface area contributed by atoms with Gasteiger partial charge in [0.2, 0.25) is 6.41 Å². The van der Waals surface area contributed by atoms with Crippen molar-refractivity contribution in [3.05, 3.63) is 12.7 Å². The Morgan fingerprint density at radius 2 is 2.21 bits per heavy atom. The maximum Gasteiger partial charge on any atom is 0.320 e. The number of rotatable bonds is 10. The van der Waals surface area contributed by atoms with Crippen LogP contribution in [0.1, 0.15) is 40.0 Å². The molecule has 3 saturated heterocycles. The molecular weight excluding hydrogens is 364 g/mol. The third-order valence-electron chi connectivity index (χ3n) is 7.41. The number of carbonyl (C=O) groups is 1. The van der Waals surface area contributed by atoms with Crippen LogP contribution in [-0.4, -0.2) is 83.2 Å². The average Bonchev–Trinajstić information content (AvgIpc) is 3.54. The molecule has 3 aliphatic rings. The third-order valence-corrected chi connectivity index (χ3v) is 7.41. The highest BCUT2D eigenvalue weighted by atomic mass is 16.7. The molecule has 0 aromatic rings. The second kappa shape index (κ2) is 7.34. The van der Waals surface area contributed by atoms with E-state index in [1.54, 1.807) is 20.2 Å². The Morgan fingerprint density at radius 3 is 2.68 bits per heavy atom. The van der Waals surface area contributed by atoms with Gasteiger partial charge >= 0.3 is 5.97 Å². The summed E-state index contributed by atoms with van der Waals surface area (Å²) in [4.78, 5) is 13.5. The fraction of sp³-hybridized carbons (Fsp3) is 0.850. The number of aliphatic carboxylic acids is 1. The first kappa shape index (κ1) is 21.7. The SMILES string of the molecule is C=CC(OC)C12CC(C(C)C3(CC(NC)C(=O)O)OC3(C)CC)OC(O)N1C2. The van der Waals surface area contributed by atoms with Crippen molar-refractivity contribution in [2.75, 3.05) is 20.7 Å². The summed E-state index contributed by atoms with van der Waals surface area (Å²) in [6.07, 6.45) is 2.03. The van der Waals surface area contributed by atoms with Crippen LogP contribution in [0.15, 0.2) is 12.7 Å². The number of hydrogen-bond acceptors (Lipinski definition) is 7. The van der Waals surface area contributed by atoms with Gasteiger partial charge in [-0.1, -0.05) is 19.9 Å². The summed E-state index contributed by atoms with van der Waals surface area (Å²) in [7, 11) is 3.29. The number of fused-ring (bicyclic) bond motifs is 1. The van der Waals surface area contributed by atoms with Gasteiger partial charge in [0, 0.05) is 26.0 Å². The molecule has 8 nitrogen and oxygen atoms in total. The number of aliphatic hydroxyl groups is 1. The second-order valence-corrected chi connectivity index (χ2v) is 8.58. The topological polar surface area (TPSA) is 104 Å². The summed E-state index contributed by atoms with van der Waals surface area (Å²) in [5, 5.41) is 22.9. The highest BCUT2D eigenvalue weighted by Crippen LogP contribution is 2.60. The number of epoxide rings is 1. The molecule has 9 unspecified atom stereocenters. The summed E-state index contributed by atoms with van der Waals surface area (Å²) in [5.74, 6) is -1.01. The van der Waals surface area contributed by atoms with Crippen LogP contribution in [0.4, 0.5) is 0 Å². The lowest BCUT2D eigenvalue weighted by Gasteiger charge is -2.41. The number of ether oxygens (including phenoxy) is 3. The number of nitrogens with one attached hydrogen (secondary N) is 1. The zero-order chi connectivity index (χ0) is 20.9. The largest absolute Gasteiger partial charge is 0.480 e. The third kappa shape index (κ3) is 3.11. The quantitative estimate of drug-likeness (QED) is 0.369. The molecular formula is C20H34N2O6. The Labute approximate surface area is 166 Å². The normalized spacial score (nSPS) is 44.9. The molecule has 0 bridgehead atoms. The Kier molecular flexibility index (Phi) is 5.68. The van der Waals surface area contributed by atoms with E-state index in [0.717, 1.165) is 6.42 Å². The van der Waals surface area contributed by atoms with Gasteiger partial charge in [0.05, 0.1) is 23.3 Å². The monoisotopic (exact) mass is 398 g/mol. The fourth-order valence-corrected chi connectivity index (χ4v) is 5.25. The lowest BCUT2D eigenvalue weighted by molar-refractivity contribution is -0.241. The second-order valence-electron chi connectivity index (χ2n) is 8.58. The standard InChI is InChI=1S/C20H34N2O6/c1-7-15(26-6)19-10-14(27-17(25)22(19)11-19)12(3)20(18(4,8-2)28-20)9-13(21-5)16(23)24/h7,12-15,17,21,25H,1,8-11H2,2-6H3,(H,23,24). The summed E-state index contributed by atoms with van der Waals surface area (Å²) in [6, 6.07) is -0.712. The minimum atomic E-state index is -1.01. The van der Waals surface area contributed by atoms with Crippen LogP contribution in [0.3, 0.4) is 0 Å². The molecule has 0 amide bonds. The molecule has 3 fully saturated rings. The summed E-state index contributed by atoms with van der Waals surface area (Å²) in [6.45, 7) is 10.7. The van der Waals surface area contributed by atoms with Crippen molar-refractivity contribution in [3.63, 3.8) is 0 Å². The summed E-state index contributed by atoms with van der Waals surface area (Å²) in [5.41, 5.74) is -1.38. The summed E-state index contributed by atoms with van der Waals surface area (Å²) < 4.78 is 17.8. The van der Waals surface area contributed by atoms with Gasteiger partial charge < -0.3 is 29.7 Å². The lowest BCUT2D eigenvalue weighted by atomic mass is 9.73. The molecule has 3 heterocycles. The van der Waals surface area contributed by atoms with E-state index in [4.69, 9.17) is 14.2 Å². The van der Waals surface area contributed by atoms with Crippen LogP contribution < -0.4 is 5.32 Å². The van der Waals surface area contributed by atoms with Gasteiger partial charge in [-0.2, -0.15) is 0 Å². The van der Waals surface area contributed by atoms with Crippen molar-refractivity contribution >= 4 is 5.97 Å². The zero-order valence-corrected chi connectivity index (χ0v) is 17.5. The van der Waals surface area contributed by atoms with E-state index in [1.165, 1.54) is 0 Å². The van der Waals surface area contributed by atoms with Crippen LogP contribution in [-0.2, 0) is 19.0 Å². The van der Waals surface area contributed by atoms with Gasteiger partial charge in [-0.3, -0.25) is 4.79 Å². The first-order chi connectivity index (χ1) is 13.1. The van der Waals surface area contributed by atoms with Gasteiger partial charge in [-0.25, -0.2) is 4.90 Å². The molecule has 28 heavy (non-hydrogen) atoms. The molecule has 8 heteroatoms. The highest BCUT2D eigenvalue weighted by molar-refractivity contribution is 5.73. The number of likely N-dealkylation sites (N-methyl/N-ethyl adjacent to an activating group) is 1. The van der Waals surface area contributed by atoms with E-state index in [-0.39, 0.29) is 23.7 Å². The van der Waals surface area contributed by atoms with Crippen LogP contribution >= 0.6 is 0 Å². The zero-order valence-electron chi connectivity index (χ0n) is 17.5. The molecule has 0 aromatic carbocycles. The average molecular weight is 399 g/mol. The molecule has 160 valence electrons. The Morgan fingerprint density at radius 1 is 1.54 bits per heavy atom.